The second kappa shape index (κ2) is 4.37. The summed E-state index contributed by atoms with van der Waals surface area (Å²) in [5, 5.41) is 3.86. The van der Waals surface area contributed by atoms with Crippen molar-refractivity contribution in [1.29, 1.82) is 0 Å². The Morgan fingerprint density at radius 1 is 1.44 bits per heavy atom. The number of carbonyl (C=O) groups excluding carboxylic acids is 1. The van der Waals surface area contributed by atoms with Crippen LogP contribution in [0.1, 0.15) is 29.6 Å². The Morgan fingerprint density at radius 3 is 3.06 bits per heavy atom. The molecule has 1 amide bonds. The van der Waals surface area contributed by atoms with Gasteiger partial charge in [-0.3, -0.25) is 4.79 Å². The van der Waals surface area contributed by atoms with Crippen LogP contribution in [0.15, 0.2) is 24.4 Å². The first-order chi connectivity index (χ1) is 8.74. The minimum atomic E-state index is -0.0208. The standard InChI is InChI=1S/C14H17N3O/c15-10-3-4-13-11(7-10)12(8-17-13)14(18)16-6-5-9-1-2-9/h3-4,7-9,17H,1-2,5-6,15H2,(H,16,18). The molecule has 1 fully saturated rings. The molecule has 18 heavy (non-hydrogen) atoms. The van der Waals surface area contributed by atoms with E-state index in [0.717, 1.165) is 29.8 Å². The average molecular weight is 243 g/mol. The molecule has 2 aromatic rings. The fraction of sp³-hybridized carbons (Fsp3) is 0.357. The van der Waals surface area contributed by atoms with E-state index < -0.39 is 0 Å². The Bertz CT molecular complexity index is 584. The molecular formula is C14H17N3O. The van der Waals surface area contributed by atoms with Crippen LogP contribution in [-0.2, 0) is 0 Å². The number of aromatic nitrogens is 1. The lowest BCUT2D eigenvalue weighted by molar-refractivity contribution is 0.0954. The van der Waals surface area contributed by atoms with Gasteiger partial charge >= 0.3 is 0 Å². The van der Waals surface area contributed by atoms with Gasteiger partial charge in [0.25, 0.3) is 5.91 Å². The molecule has 0 atom stereocenters. The van der Waals surface area contributed by atoms with Crippen LogP contribution in [0.25, 0.3) is 10.9 Å². The number of hydrogen-bond acceptors (Lipinski definition) is 2. The average Bonchev–Trinajstić information content (AvgIpc) is 3.07. The van der Waals surface area contributed by atoms with Crippen LogP contribution in [-0.4, -0.2) is 17.4 Å². The molecule has 0 saturated heterocycles. The van der Waals surface area contributed by atoms with E-state index in [4.69, 9.17) is 5.73 Å². The smallest absolute Gasteiger partial charge is 0.253 e. The van der Waals surface area contributed by atoms with Gasteiger partial charge in [0.2, 0.25) is 0 Å². The summed E-state index contributed by atoms with van der Waals surface area (Å²) < 4.78 is 0. The van der Waals surface area contributed by atoms with E-state index in [-0.39, 0.29) is 5.91 Å². The number of nitrogens with two attached hydrogens (primary N) is 1. The number of carbonyl (C=O) groups is 1. The van der Waals surface area contributed by atoms with Crippen molar-refractivity contribution in [1.82, 2.24) is 10.3 Å². The molecule has 4 N–H and O–H groups in total. The maximum Gasteiger partial charge on any atom is 0.253 e. The molecule has 0 unspecified atom stereocenters. The lowest BCUT2D eigenvalue weighted by Crippen LogP contribution is -2.24. The van der Waals surface area contributed by atoms with Crippen molar-refractivity contribution in [2.75, 3.05) is 12.3 Å². The Kier molecular flexibility index (Phi) is 2.70. The van der Waals surface area contributed by atoms with Gasteiger partial charge in [-0.1, -0.05) is 12.8 Å². The normalized spacial score (nSPS) is 14.9. The van der Waals surface area contributed by atoms with E-state index in [1.54, 1.807) is 6.20 Å². The molecule has 1 aromatic carbocycles. The van der Waals surface area contributed by atoms with E-state index in [9.17, 15) is 4.79 Å². The highest BCUT2D eigenvalue weighted by molar-refractivity contribution is 6.07. The van der Waals surface area contributed by atoms with Crippen LogP contribution in [0.4, 0.5) is 5.69 Å². The van der Waals surface area contributed by atoms with Crippen molar-refractivity contribution in [3.05, 3.63) is 30.0 Å². The van der Waals surface area contributed by atoms with Gasteiger partial charge in [-0.25, -0.2) is 0 Å². The fourth-order valence-corrected chi connectivity index (χ4v) is 2.22. The molecule has 94 valence electrons. The third kappa shape index (κ3) is 2.18. The lowest BCUT2D eigenvalue weighted by Gasteiger charge is -2.03. The van der Waals surface area contributed by atoms with Crippen LogP contribution < -0.4 is 11.1 Å². The van der Waals surface area contributed by atoms with Crippen LogP contribution >= 0.6 is 0 Å². The van der Waals surface area contributed by atoms with Crippen molar-refractivity contribution in [2.45, 2.75) is 19.3 Å². The summed E-state index contributed by atoms with van der Waals surface area (Å²) >= 11 is 0. The van der Waals surface area contributed by atoms with Gasteiger partial charge in [0.1, 0.15) is 0 Å². The fourth-order valence-electron chi connectivity index (χ4n) is 2.22. The summed E-state index contributed by atoms with van der Waals surface area (Å²) in [6, 6.07) is 5.56. The number of H-pyrrole nitrogens is 1. The Hall–Kier alpha value is -1.97. The number of nitrogens with one attached hydrogen (secondary N) is 2. The Balaban J connectivity index is 1.75. The van der Waals surface area contributed by atoms with Gasteiger partial charge in [-0.15, -0.1) is 0 Å². The van der Waals surface area contributed by atoms with Gasteiger partial charge in [-0.05, 0) is 30.5 Å². The van der Waals surface area contributed by atoms with Crippen molar-refractivity contribution in [2.24, 2.45) is 5.92 Å². The van der Waals surface area contributed by atoms with E-state index in [2.05, 4.69) is 10.3 Å². The summed E-state index contributed by atoms with van der Waals surface area (Å²) in [4.78, 5) is 15.2. The SMILES string of the molecule is Nc1ccc2[nH]cc(C(=O)NCCC3CC3)c2c1. The molecule has 3 rings (SSSR count). The van der Waals surface area contributed by atoms with E-state index in [1.807, 2.05) is 18.2 Å². The molecule has 1 aromatic heterocycles. The quantitative estimate of drug-likeness (QED) is 0.721. The number of benzene rings is 1. The number of fused-ring (bicyclic) bond motifs is 1. The van der Waals surface area contributed by atoms with Crippen molar-refractivity contribution >= 4 is 22.5 Å². The molecule has 1 aliphatic carbocycles. The molecule has 0 radical (unpaired) electrons. The summed E-state index contributed by atoms with van der Waals surface area (Å²) in [5.41, 5.74) is 8.05. The molecule has 4 nitrogen and oxygen atoms in total. The molecule has 0 spiro atoms. The molecule has 1 saturated carbocycles. The highest BCUT2D eigenvalue weighted by atomic mass is 16.1. The van der Waals surface area contributed by atoms with Crippen LogP contribution in [0.2, 0.25) is 0 Å². The maximum absolute atomic E-state index is 12.1. The number of nitrogen functional groups attached to an aromatic ring is 1. The highest BCUT2D eigenvalue weighted by Gasteiger charge is 2.21. The topological polar surface area (TPSA) is 70.9 Å². The van der Waals surface area contributed by atoms with Gasteiger partial charge in [0.15, 0.2) is 0 Å². The largest absolute Gasteiger partial charge is 0.399 e. The number of anilines is 1. The van der Waals surface area contributed by atoms with Gasteiger partial charge in [0, 0.05) is 29.3 Å². The van der Waals surface area contributed by atoms with Crippen molar-refractivity contribution in [3.8, 4) is 0 Å². The van der Waals surface area contributed by atoms with E-state index in [0.29, 0.717) is 11.3 Å². The zero-order chi connectivity index (χ0) is 12.5. The van der Waals surface area contributed by atoms with Crippen LogP contribution in [0.3, 0.4) is 0 Å². The molecule has 0 bridgehead atoms. The number of aromatic amines is 1. The summed E-state index contributed by atoms with van der Waals surface area (Å²) in [5.74, 6) is 0.816. The first-order valence-corrected chi connectivity index (χ1v) is 6.39. The Labute approximate surface area is 106 Å². The highest BCUT2D eigenvalue weighted by Crippen LogP contribution is 2.31. The van der Waals surface area contributed by atoms with Gasteiger partial charge in [0.05, 0.1) is 5.56 Å². The minimum Gasteiger partial charge on any atom is -0.399 e. The molecule has 0 aliphatic heterocycles. The van der Waals surface area contributed by atoms with Gasteiger partial charge in [-0.2, -0.15) is 0 Å². The zero-order valence-corrected chi connectivity index (χ0v) is 10.2. The third-order valence-corrected chi connectivity index (χ3v) is 3.49. The molecule has 4 heteroatoms. The number of rotatable bonds is 4. The summed E-state index contributed by atoms with van der Waals surface area (Å²) in [6.07, 6.45) is 5.48. The molecule has 1 aliphatic rings. The summed E-state index contributed by atoms with van der Waals surface area (Å²) in [6.45, 7) is 0.762. The minimum absolute atomic E-state index is 0.0208. The number of hydrogen-bond donors (Lipinski definition) is 3. The predicted octanol–water partition coefficient (Wildman–Crippen LogP) is 2.28. The van der Waals surface area contributed by atoms with Gasteiger partial charge < -0.3 is 16.0 Å². The van der Waals surface area contributed by atoms with Crippen molar-refractivity contribution in [3.63, 3.8) is 0 Å². The zero-order valence-electron chi connectivity index (χ0n) is 10.2. The number of amides is 1. The summed E-state index contributed by atoms with van der Waals surface area (Å²) in [7, 11) is 0. The molecular weight excluding hydrogens is 226 g/mol. The maximum atomic E-state index is 12.1. The van der Waals surface area contributed by atoms with E-state index >= 15 is 0 Å². The second-order valence-corrected chi connectivity index (χ2v) is 5.00. The predicted molar refractivity (Wildman–Crippen MR) is 72.4 cm³/mol. The van der Waals surface area contributed by atoms with Crippen LogP contribution in [0.5, 0.6) is 0 Å². The second-order valence-electron chi connectivity index (χ2n) is 5.00. The van der Waals surface area contributed by atoms with E-state index in [1.165, 1.54) is 12.8 Å². The first kappa shape index (κ1) is 11.1. The first-order valence-electron chi connectivity index (χ1n) is 6.39. The molecule has 1 heterocycles. The Morgan fingerprint density at radius 2 is 2.28 bits per heavy atom. The lowest BCUT2D eigenvalue weighted by atomic mass is 10.1. The third-order valence-electron chi connectivity index (χ3n) is 3.49. The van der Waals surface area contributed by atoms with Crippen molar-refractivity contribution < 1.29 is 4.79 Å². The van der Waals surface area contributed by atoms with Crippen LogP contribution in [0, 0.1) is 5.92 Å². The monoisotopic (exact) mass is 243 g/mol.